The van der Waals surface area contributed by atoms with Gasteiger partial charge >= 0.3 is 11.9 Å². The third-order valence-corrected chi connectivity index (χ3v) is 1.76. The van der Waals surface area contributed by atoms with Crippen LogP contribution >= 0.6 is 11.6 Å². The Morgan fingerprint density at radius 3 is 2.82 bits per heavy atom. The molecule has 0 aromatic heterocycles. The molecule has 1 aliphatic heterocycles. The summed E-state index contributed by atoms with van der Waals surface area (Å²) in [5.41, 5.74) is 0. The van der Waals surface area contributed by atoms with Crippen LogP contribution in [-0.4, -0.2) is 30.5 Å². The molecule has 0 amide bonds. The molecular formula is C6H7ClO4. The van der Waals surface area contributed by atoms with Gasteiger partial charge in [0.05, 0.1) is 7.11 Å². The molecule has 1 heterocycles. The van der Waals surface area contributed by atoms with Crippen LogP contribution in [0.3, 0.4) is 0 Å². The van der Waals surface area contributed by atoms with E-state index in [0.29, 0.717) is 0 Å². The molecule has 0 aromatic rings. The van der Waals surface area contributed by atoms with E-state index in [1.807, 2.05) is 0 Å². The second kappa shape index (κ2) is 3.09. The van der Waals surface area contributed by atoms with Gasteiger partial charge in [-0.05, 0) is 0 Å². The molecule has 1 saturated heterocycles. The molecule has 1 aliphatic rings. The Labute approximate surface area is 68.4 Å². The van der Waals surface area contributed by atoms with Crippen molar-refractivity contribution in [3.05, 3.63) is 0 Å². The van der Waals surface area contributed by atoms with Crippen molar-refractivity contribution in [2.24, 2.45) is 0 Å². The molecule has 0 aromatic carbocycles. The number of carbonyl (C=O) groups is 2. The number of esters is 2. The summed E-state index contributed by atoms with van der Waals surface area (Å²) >= 11 is 5.48. The van der Waals surface area contributed by atoms with Crippen molar-refractivity contribution >= 4 is 23.5 Å². The van der Waals surface area contributed by atoms with Gasteiger partial charge < -0.3 is 9.47 Å². The van der Waals surface area contributed by atoms with Gasteiger partial charge in [0.15, 0.2) is 0 Å². The van der Waals surface area contributed by atoms with E-state index in [9.17, 15) is 9.59 Å². The van der Waals surface area contributed by atoms with E-state index in [-0.39, 0.29) is 6.42 Å². The maximum absolute atomic E-state index is 10.7. The van der Waals surface area contributed by atoms with Gasteiger partial charge in [-0.25, -0.2) is 4.79 Å². The number of rotatable bonds is 1. The van der Waals surface area contributed by atoms with E-state index < -0.39 is 23.4 Å². The summed E-state index contributed by atoms with van der Waals surface area (Å²) in [4.78, 5) is 21.4. The molecule has 1 fully saturated rings. The normalized spacial score (nSPS) is 29.8. The third kappa shape index (κ3) is 1.63. The molecule has 62 valence electrons. The molecule has 0 radical (unpaired) electrons. The Bertz CT molecular complexity index is 191. The molecule has 5 heteroatoms. The van der Waals surface area contributed by atoms with Crippen molar-refractivity contribution in [1.29, 1.82) is 0 Å². The van der Waals surface area contributed by atoms with Crippen LogP contribution in [0.25, 0.3) is 0 Å². The first-order chi connectivity index (χ1) is 5.15. The van der Waals surface area contributed by atoms with Crippen molar-refractivity contribution in [2.75, 3.05) is 7.11 Å². The first kappa shape index (κ1) is 8.33. The average molecular weight is 179 g/mol. The van der Waals surface area contributed by atoms with E-state index in [1.54, 1.807) is 0 Å². The van der Waals surface area contributed by atoms with Crippen LogP contribution in [0.1, 0.15) is 6.42 Å². The molecule has 2 unspecified atom stereocenters. The molecular weight excluding hydrogens is 172 g/mol. The van der Waals surface area contributed by atoms with Crippen molar-refractivity contribution in [1.82, 2.24) is 0 Å². The first-order valence-electron chi connectivity index (χ1n) is 3.07. The summed E-state index contributed by atoms with van der Waals surface area (Å²) < 4.78 is 8.94. The van der Waals surface area contributed by atoms with Crippen LogP contribution in [0.15, 0.2) is 0 Å². The molecule has 0 spiro atoms. The van der Waals surface area contributed by atoms with Crippen LogP contribution in [0.4, 0.5) is 0 Å². The fraction of sp³-hybridized carbons (Fsp3) is 0.667. The second-order valence-electron chi connectivity index (χ2n) is 2.15. The zero-order valence-electron chi connectivity index (χ0n) is 5.87. The summed E-state index contributed by atoms with van der Waals surface area (Å²) in [7, 11) is 1.23. The number of hydrogen-bond acceptors (Lipinski definition) is 4. The van der Waals surface area contributed by atoms with Gasteiger partial charge in [0.1, 0.15) is 5.38 Å². The Kier molecular flexibility index (Phi) is 2.34. The number of alkyl halides is 1. The summed E-state index contributed by atoms with van der Waals surface area (Å²) in [6, 6.07) is 0. The molecule has 0 aliphatic carbocycles. The van der Waals surface area contributed by atoms with Crippen molar-refractivity contribution < 1.29 is 19.1 Å². The fourth-order valence-corrected chi connectivity index (χ4v) is 1.04. The molecule has 0 N–H and O–H groups in total. The molecule has 2 atom stereocenters. The van der Waals surface area contributed by atoms with Gasteiger partial charge in [-0.1, -0.05) is 0 Å². The van der Waals surface area contributed by atoms with Gasteiger partial charge in [0.25, 0.3) is 0 Å². The lowest BCUT2D eigenvalue weighted by Gasteiger charge is -2.03. The van der Waals surface area contributed by atoms with E-state index in [2.05, 4.69) is 9.47 Å². The van der Waals surface area contributed by atoms with Gasteiger partial charge in [-0.3, -0.25) is 4.79 Å². The zero-order chi connectivity index (χ0) is 8.43. The topological polar surface area (TPSA) is 52.6 Å². The number of hydrogen-bond donors (Lipinski definition) is 0. The minimum Gasteiger partial charge on any atom is -0.466 e. The van der Waals surface area contributed by atoms with Crippen molar-refractivity contribution in [2.45, 2.75) is 17.9 Å². The molecule has 4 nitrogen and oxygen atoms in total. The molecule has 0 bridgehead atoms. The predicted molar refractivity (Wildman–Crippen MR) is 36.2 cm³/mol. The smallest absolute Gasteiger partial charge is 0.347 e. The predicted octanol–water partition coefficient (Wildman–Crippen LogP) is 0.0823. The summed E-state index contributed by atoms with van der Waals surface area (Å²) in [6.45, 7) is 0. The first-order valence-corrected chi connectivity index (χ1v) is 3.51. The van der Waals surface area contributed by atoms with Gasteiger partial charge in [0.2, 0.25) is 6.10 Å². The highest BCUT2D eigenvalue weighted by atomic mass is 35.5. The maximum atomic E-state index is 10.7. The number of cyclic esters (lactones) is 1. The van der Waals surface area contributed by atoms with Crippen LogP contribution in [-0.2, 0) is 19.1 Å². The Morgan fingerprint density at radius 2 is 2.45 bits per heavy atom. The average Bonchev–Trinajstić information content (AvgIpc) is 2.31. The van der Waals surface area contributed by atoms with Crippen LogP contribution in [0.5, 0.6) is 0 Å². The molecule has 11 heavy (non-hydrogen) atoms. The van der Waals surface area contributed by atoms with Crippen LogP contribution in [0, 0.1) is 0 Å². The maximum Gasteiger partial charge on any atom is 0.347 e. The van der Waals surface area contributed by atoms with Crippen molar-refractivity contribution in [3.8, 4) is 0 Å². The third-order valence-electron chi connectivity index (χ3n) is 1.40. The van der Waals surface area contributed by atoms with Gasteiger partial charge in [-0.2, -0.15) is 0 Å². The number of methoxy groups -OCH3 is 1. The molecule has 1 rings (SSSR count). The lowest BCUT2D eigenvalue weighted by Crippen LogP contribution is -2.21. The molecule has 0 saturated carbocycles. The summed E-state index contributed by atoms with van der Waals surface area (Å²) in [6.07, 6.45) is -0.609. The van der Waals surface area contributed by atoms with Crippen LogP contribution in [0.2, 0.25) is 0 Å². The van der Waals surface area contributed by atoms with E-state index in [4.69, 9.17) is 11.6 Å². The van der Waals surface area contributed by atoms with Crippen LogP contribution < -0.4 is 0 Å². The highest BCUT2D eigenvalue weighted by molar-refractivity contribution is 6.30. The Hall–Kier alpha value is -0.770. The highest BCUT2D eigenvalue weighted by Crippen LogP contribution is 2.20. The Balaban J connectivity index is 2.53. The van der Waals surface area contributed by atoms with E-state index in [1.165, 1.54) is 7.11 Å². The fourth-order valence-electron chi connectivity index (χ4n) is 0.822. The zero-order valence-corrected chi connectivity index (χ0v) is 6.63. The standard InChI is InChI=1S/C6H7ClO4/c1-10-6(9)4-2-3(7)5(8)11-4/h3-4H,2H2,1H3. The van der Waals surface area contributed by atoms with E-state index >= 15 is 0 Å². The highest BCUT2D eigenvalue weighted by Gasteiger charge is 2.37. The monoisotopic (exact) mass is 178 g/mol. The SMILES string of the molecule is COC(=O)C1CC(Cl)C(=O)O1. The minimum atomic E-state index is -0.810. The van der Waals surface area contributed by atoms with Crippen molar-refractivity contribution in [3.63, 3.8) is 0 Å². The lowest BCUT2D eigenvalue weighted by atomic mass is 10.2. The minimum absolute atomic E-state index is 0.201. The largest absolute Gasteiger partial charge is 0.466 e. The van der Waals surface area contributed by atoms with E-state index in [0.717, 1.165) is 0 Å². The lowest BCUT2D eigenvalue weighted by molar-refractivity contribution is -0.159. The van der Waals surface area contributed by atoms with Gasteiger partial charge in [-0.15, -0.1) is 11.6 Å². The second-order valence-corrected chi connectivity index (χ2v) is 2.68. The number of carbonyl (C=O) groups excluding carboxylic acids is 2. The quantitative estimate of drug-likeness (QED) is 0.422. The summed E-state index contributed by atoms with van der Waals surface area (Å²) in [5.74, 6) is -1.11. The number of halogens is 1. The number of ether oxygens (including phenoxy) is 2. The Morgan fingerprint density at radius 1 is 1.82 bits per heavy atom. The summed E-state index contributed by atoms with van der Waals surface area (Å²) in [5, 5.41) is -0.709. The van der Waals surface area contributed by atoms with Gasteiger partial charge in [0, 0.05) is 6.42 Å².